The minimum absolute atomic E-state index is 0.0143. The number of urea groups is 1. The molecule has 0 aliphatic carbocycles. The summed E-state index contributed by atoms with van der Waals surface area (Å²) >= 11 is 0. The lowest BCUT2D eigenvalue weighted by atomic mass is 9.74. The Kier molecular flexibility index (Phi) is 6.55. The van der Waals surface area contributed by atoms with Gasteiger partial charge >= 0.3 is 12.1 Å². The molecule has 1 spiro atoms. The maximum Gasteiger partial charge on any atom is 0.409 e. The van der Waals surface area contributed by atoms with Gasteiger partial charge in [-0.3, -0.25) is 4.90 Å². The zero-order chi connectivity index (χ0) is 22.9. The van der Waals surface area contributed by atoms with E-state index in [1.54, 1.807) is 19.0 Å². The first-order valence-corrected chi connectivity index (χ1v) is 11.3. The van der Waals surface area contributed by atoms with Crippen LogP contribution in [0, 0.1) is 5.92 Å². The first-order valence-electron chi connectivity index (χ1n) is 11.3. The second-order valence-electron chi connectivity index (χ2n) is 9.43. The Morgan fingerprint density at radius 3 is 2.59 bits per heavy atom. The summed E-state index contributed by atoms with van der Waals surface area (Å²) in [5.41, 5.74) is 2.27. The number of likely N-dealkylation sites (tertiary alicyclic amines) is 2. The number of para-hydroxylation sites is 1. The number of piperidine rings is 1. The van der Waals surface area contributed by atoms with Gasteiger partial charge in [-0.1, -0.05) is 18.2 Å². The van der Waals surface area contributed by atoms with E-state index in [0.29, 0.717) is 25.6 Å². The molecule has 176 valence electrons. The van der Waals surface area contributed by atoms with Gasteiger partial charge in [0.25, 0.3) is 6.43 Å². The molecule has 0 aromatic heterocycles. The Morgan fingerprint density at radius 1 is 1.19 bits per heavy atom. The second-order valence-corrected chi connectivity index (χ2v) is 9.43. The van der Waals surface area contributed by atoms with Gasteiger partial charge in [0, 0.05) is 51.4 Å². The molecule has 0 saturated carbocycles. The normalized spacial score (nSPS) is 22.5. The van der Waals surface area contributed by atoms with Gasteiger partial charge in [-0.2, -0.15) is 0 Å². The largest absolute Gasteiger partial charge is 0.443 e. The van der Waals surface area contributed by atoms with Crippen LogP contribution in [0.2, 0.25) is 0 Å². The monoisotopic (exact) mass is 450 g/mol. The number of ether oxygens (including phenoxy) is 1. The van der Waals surface area contributed by atoms with Crippen LogP contribution in [0.1, 0.15) is 24.8 Å². The summed E-state index contributed by atoms with van der Waals surface area (Å²) in [6.07, 6.45) is -0.456. The summed E-state index contributed by atoms with van der Waals surface area (Å²) in [6, 6.07) is 8.26. The van der Waals surface area contributed by atoms with E-state index < -0.39 is 19.1 Å². The van der Waals surface area contributed by atoms with E-state index in [-0.39, 0.29) is 11.4 Å². The van der Waals surface area contributed by atoms with Crippen LogP contribution in [-0.4, -0.2) is 93.2 Å². The molecule has 1 aromatic rings. The van der Waals surface area contributed by atoms with Gasteiger partial charge in [-0.05, 0) is 49.9 Å². The highest BCUT2D eigenvalue weighted by Crippen LogP contribution is 2.47. The van der Waals surface area contributed by atoms with E-state index >= 15 is 0 Å². The molecular weight excluding hydrogens is 418 g/mol. The first kappa shape index (κ1) is 22.8. The molecule has 3 amide bonds. The van der Waals surface area contributed by atoms with Crippen molar-refractivity contribution in [3.63, 3.8) is 0 Å². The van der Waals surface area contributed by atoms with Crippen molar-refractivity contribution in [2.75, 3.05) is 64.9 Å². The molecule has 3 aliphatic rings. The second kappa shape index (κ2) is 9.21. The van der Waals surface area contributed by atoms with Crippen LogP contribution >= 0.6 is 0 Å². The molecule has 7 nitrogen and oxygen atoms in total. The Hall–Kier alpha value is -2.42. The predicted octanol–water partition coefficient (Wildman–Crippen LogP) is 3.25. The molecular formula is C23H32F2N4O3. The highest BCUT2D eigenvalue weighted by molar-refractivity contribution is 5.95. The Morgan fingerprint density at radius 2 is 1.91 bits per heavy atom. The third-order valence-electron chi connectivity index (χ3n) is 7.05. The van der Waals surface area contributed by atoms with Gasteiger partial charge in [0.2, 0.25) is 0 Å². The summed E-state index contributed by atoms with van der Waals surface area (Å²) in [4.78, 5) is 32.2. The molecule has 1 aromatic carbocycles. The van der Waals surface area contributed by atoms with Gasteiger partial charge in [0.1, 0.15) is 0 Å². The van der Waals surface area contributed by atoms with Gasteiger partial charge in [-0.25, -0.2) is 18.4 Å². The van der Waals surface area contributed by atoms with Crippen LogP contribution in [0.25, 0.3) is 0 Å². The molecule has 0 radical (unpaired) electrons. The van der Waals surface area contributed by atoms with Gasteiger partial charge in [0.05, 0.1) is 0 Å². The molecule has 9 heteroatoms. The van der Waals surface area contributed by atoms with Crippen molar-refractivity contribution >= 4 is 17.8 Å². The number of hydrogen-bond donors (Lipinski definition) is 0. The lowest BCUT2D eigenvalue weighted by molar-refractivity contribution is 0.0341. The Bertz CT molecular complexity index is 842. The van der Waals surface area contributed by atoms with Crippen LogP contribution in [0.4, 0.5) is 24.1 Å². The third-order valence-corrected chi connectivity index (χ3v) is 7.05. The lowest BCUT2D eigenvalue weighted by Gasteiger charge is -2.40. The molecule has 3 heterocycles. The lowest BCUT2D eigenvalue weighted by Crippen LogP contribution is -2.48. The van der Waals surface area contributed by atoms with Crippen LogP contribution in [0.3, 0.4) is 0 Å². The van der Waals surface area contributed by atoms with E-state index in [2.05, 4.69) is 21.8 Å². The molecule has 0 N–H and O–H groups in total. The summed E-state index contributed by atoms with van der Waals surface area (Å²) in [7, 11) is 3.57. The zero-order valence-electron chi connectivity index (χ0n) is 18.8. The fourth-order valence-corrected chi connectivity index (χ4v) is 5.37. The zero-order valence-corrected chi connectivity index (χ0v) is 18.8. The minimum atomic E-state index is -2.64. The van der Waals surface area contributed by atoms with Crippen molar-refractivity contribution < 1.29 is 23.1 Å². The number of rotatable bonds is 4. The van der Waals surface area contributed by atoms with Crippen LogP contribution < -0.4 is 4.90 Å². The number of alkyl halides is 2. The average molecular weight is 451 g/mol. The van der Waals surface area contributed by atoms with E-state index in [4.69, 9.17) is 0 Å². The number of amides is 3. The Balaban J connectivity index is 1.33. The van der Waals surface area contributed by atoms with Crippen molar-refractivity contribution in [3.8, 4) is 0 Å². The molecule has 4 rings (SSSR count). The van der Waals surface area contributed by atoms with Crippen LogP contribution in [0.5, 0.6) is 0 Å². The van der Waals surface area contributed by atoms with E-state index in [9.17, 15) is 18.4 Å². The van der Waals surface area contributed by atoms with E-state index in [1.807, 2.05) is 17.0 Å². The summed E-state index contributed by atoms with van der Waals surface area (Å²) in [6.45, 7) is 3.73. The Labute approximate surface area is 187 Å². The molecule has 2 saturated heterocycles. The number of hydrogen-bond acceptors (Lipinski definition) is 4. The number of nitrogens with zero attached hydrogens (tertiary/aromatic N) is 4. The maximum absolute atomic E-state index is 12.8. The number of carbonyl (C=O) groups is 2. The third kappa shape index (κ3) is 4.53. The number of anilines is 1. The maximum atomic E-state index is 12.8. The molecule has 0 unspecified atom stereocenters. The van der Waals surface area contributed by atoms with E-state index in [1.165, 1.54) is 10.5 Å². The van der Waals surface area contributed by atoms with Gasteiger partial charge < -0.3 is 19.4 Å². The molecule has 0 bridgehead atoms. The quantitative estimate of drug-likeness (QED) is 0.707. The molecule has 1 atom stereocenters. The highest BCUT2D eigenvalue weighted by Gasteiger charge is 2.46. The fraction of sp³-hybridized carbons (Fsp3) is 0.652. The summed E-state index contributed by atoms with van der Waals surface area (Å²) in [5.74, 6) is 0.325. The van der Waals surface area contributed by atoms with Crippen molar-refractivity contribution in [2.24, 2.45) is 5.92 Å². The number of halogens is 2. The summed E-state index contributed by atoms with van der Waals surface area (Å²) < 4.78 is 29.2. The van der Waals surface area contributed by atoms with Gasteiger partial charge in [0.15, 0.2) is 6.61 Å². The molecule has 3 aliphatic heterocycles. The SMILES string of the molecule is CN(C)C(=O)N1CC2(CCN(C[C@@H]3CCN(C(=O)OCC(F)F)C3)CC2)c2ccccc21. The van der Waals surface area contributed by atoms with Gasteiger partial charge in [-0.15, -0.1) is 0 Å². The molecule has 32 heavy (non-hydrogen) atoms. The number of fused-ring (bicyclic) bond motifs is 2. The van der Waals surface area contributed by atoms with E-state index in [0.717, 1.165) is 44.6 Å². The van der Waals surface area contributed by atoms with Crippen molar-refractivity contribution in [1.82, 2.24) is 14.7 Å². The van der Waals surface area contributed by atoms with Crippen molar-refractivity contribution in [2.45, 2.75) is 31.1 Å². The number of carbonyl (C=O) groups excluding carboxylic acids is 2. The van der Waals surface area contributed by atoms with Crippen LogP contribution in [-0.2, 0) is 10.2 Å². The average Bonchev–Trinajstić information content (AvgIpc) is 3.37. The highest BCUT2D eigenvalue weighted by atomic mass is 19.3. The first-order chi connectivity index (χ1) is 15.3. The standard InChI is InChI=1S/C23H32F2N4O3/c1-26(2)21(30)29-16-23(18-5-3-4-6-19(18)29)8-11-27(12-9-23)13-17-7-10-28(14-17)22(31)32-15-20(24)25/h3-6,17,20H,7-16H2,1-2H3/t17-/m0/s1. The fourth-order valence-electron chi connectivity index (χ4n) is 5.37. The smallest absolute Gasteiger partial charge is 0.409 e. The summed E-state index contributed by atoms with van der Waals surface area (Å²) in [5, 5.41) is 0. The van der Waals surface area contributed by atoms with Crippen molar-refractivity contribution in [1.29, 1.82) is 0 Å². The van der Waals surface area contributed by atoms with Crippen LogP contribution in [0.15, 0.2) is 24.3 Å². The molecule has 2 fully saturated rings. The minimum Gasteiger partial charge on any atom is -0.443 e. The van der Waals surface area contributed by atoms with Crippen molar-refractivity contribution in [3.05, 3.63) is 29.8 Å². The predicted molar refractivity (Wildman–Crippen MR) is 117 cm³/mol. The number of benzene rings is 1. The topological polar surface area (TPSA) is 56.3 Å².